The number of halogens is 3. The first-order chi connectivity index (χ1) is 13.4. The fourth-order valence-electron chi connectivity index (χ4n) is 4.39. The molecule has 0 bridgehead atoms. The van der Waals surface area contributed by atoms with Crippen LogP contribution in [0.15, 0.2) is 30.5 Å². The number of nitrogens with zero attached hydrogens (tertiary/aromatic N) is 2. The van der Waals surface area contributed by atoms with Gasteiger partial charge in [0, 0.05) is 48.7 Å². The molecule has 1 aromatic heterocycles. The zero-order chi connectivity index (χ0) is 21.4. The molecule has 0 radical (unpaired) electrons. The molecule has 0 saturated carbocycles. The van der Waals surface area contributed by atoms with E-state index < -0.39 is 17.3 Å². The lowest BCUT2D eigenvalue weighted by atomic mass is 9.84. The molecule has 2 aromatic rings. The zero-order valence-electron chi connectivity index (χ0n) is 17.1. The highest BCUT2D eigenvalue weighted by atomic mass is 19.4. The molecule has 3 rings (SSSR count). The summed E-state index contributed by atoms with van der Waals surface area (Å²) in [7, 11) is 0. The monoisotopic (exact) mass is 407 g/mol. The summed E-state index contributed by atoms with van der Waals surface area (Å²) in [5.41, 5.74) is 5.42. The molecule has 2 N–H and O–H groups in total. The maximum atomic E-state index is 13.4. The lowest BCUT2D eigenvalue weighted by molar-refractivity contribution is -0.136. The van der Waals surface area contributed by atoms with Gasteiger partial charge in [-0.25, -0.2) is 0 Å². The molecule has 0 unspecified atom stereocenters. The third-order valence-electron chi connectivity index (χ3n) is 5.31. The summed E-state index contributed by atoms with van der Waals surface area (Å²) in [6.45, 7) is 7.16. The number of nitrogens with two attached hydrogens (primary N) is 1. The van der Waals surface area contributed by atoms with Crippen molar-refractivity contribution in [2.45, 2.75) is 51.7 Å². The fraction of sp³-hybridized carbons (Fsp3) is 0.545. The second-order valence-corrected chi connectivity index (χ2v) is 9.05. The number of fused-ring (bicyclic) bond motifs is 1. The van der Waals surface area contributed by atoms with Gasteiger partial charge in [-0.15, -0.1) is 0 Å². The second-order valence-electron chi connectivity index (χ2n) is 9.05. The van der Waals surface area contributed by atoms with Gasteiger partial charge < -0.3 is 10.6 Å². The van der Waals surface area contributed by atoms with E-state index in [1.54, 1.807) is 12.1 Å². The van der Waals surface area contributed by atoms with Crippen LogP contribution in [0, 0.1) is 11.8 Å². The SMILES string of the molecule is C[C@H]1C[C@@H](CC(=O)CC(C)(C)N)CN(c2ccc(C(F)(F)F)c3ncccc23)C1. The van der Waals surface area contributed by atoms with Gasteiger partial charge in [0.2, 0.25) is 0 Å². The molecule has 0 aliphatic carbocycles. The molecule has 0 spiro atoms. The van der Waals surface area contributed by atoms with E-state index in [9.17, 15) is 18.0 Å². The molecule has 0 amide bonds. The van der Waals surface area contributed by atoms with Crippen molar-refractivity contribution in [1.29, 1.82) is 0 Å². The lowest BCUT2D eigenvalue weighted by Crippen LogP contribution is -2.41. The van der Waals surface area contributed by atoms with Crippen molar-refractivity contribution in [2.24, 2.45) is 17.6 Å². The van der Waals surface area contributed by atoms with Crippen molar-refractivity contribution in [2.75, 3.05) is 18.0 Å². The van der Waals surface area contributed by atoms with Crippen LogP contribution in [0.1, 0.15) is 45.6 Å². The Kier molecular flexibility index (Phi) is 5.90. The number of carbonyl (C=O) groups is 1. The van der Waals surface area contributed by atoms with Crippen LogP contribution >= 0.6 is 0 Å². The largest absolute Gasteiger partial charge is 0.418 e. The van der Waals surface area contributed by atoms with Crippen LogP contribution < -0.4 is 10.6 Å². The van der Waals surface area contributed by atoms with E-state index in [1.807, 2.05) is 13.8 Å². The van der Waals surface area contributed by atoms with E-state index in [4.69, 9.17) is 5.73 Å². The summed E-state index contributed by atoms with van der Waals surface area (Å²) in [6.07, 6.45) is -1.38. The van der Waals surface area contributed by atoms with Crippen LogP contribution in [-0.4, -0.2) is 29.4 Å². The van der Waals surface area contributed by atoms with E-state index >= 15 is 0 Å². The Morgan fingerprint density at radius 2 is 1.97 bits per heavy atom. The molecule has 1 aliphatic heterocycles. The Hall–Kier alpha value is -2.15. The van der Waals surface area contributed by atoms with Gasteiger partial charge >= 0.3 is 6.18 Å². The number of pyridine rings is 1. The number of aromatic nitrogens is 1. The minimum absolute atomic E-state index is 0.0340. The van der Waals surface area contributed by atoms with Gasteiger partial charge in [0.15, 0.2) is 0 Å². The number of anilines is 1. The Bertz CT molecular complexity index is 889. The molecule has 1 aromatic carbocycles. The van der Waals surface area contributed by atoms with Crippen molar-refractivity contribution in [3.8, 4) is 0 Å². The summed E-state index contributed by atoms with van der Waals surface area (Å²) in [5, 5.41) is 0.490. The molecule has 1 saturated heterocycles. The standard InChI is InChI=1S/C22H28F3N3O/c1-14-9-15(10-16(29)11-21(2,3)26)13-28(12-14)19-7-6-18(22(23,24)25)20-17(19)5-4-8-27-20/h4-8,14-15H,9-13,26H2,1-3H3/t14-,15-/m0/s1. The lowest BCUT2D eigenvalue weighted by Gasteiger charge is -2.38. The number of rotatable bonds is 5. The highest BCUT2D eigenvalue weighted by Crippen LogP contribution is 2.39. The van der Waals surface area contributed by atoms with Gasteiger partial charge in [0.1, 0.15) is 5.78 Å². The second kappa shape index (κ2) is 7.94. The van der Waals surface area contributed by atoms with Crippen LogP contribution in [0.3, 0.4) is 0 Å². The van der Waals surface area contributed by atoms with Gasteiger partial charge in [0.25, 0.3) is 0 Å². The molecule has 1 aliphatic rings. The Balaban J connectivity index is 1.88. The maximum Gasteiger partial charge on any atom is 0.418 e. The van der Waals surface area contributed by atoms with E-state index in [0.717, 1.165) is 24.7 Å². The number of ketones is 1. The van der Waals surface area contributed by atoms with E-state index in [1.165, 1.54) is 12.3 Å². The number of alkyl halides is 3. The van der Waals surface area contributed by atoms with Crippen LogP contribution in [0.25, 0.3) is 10.9 Å². The Morgan fingerprint density at radius 1 is 1.24 bits per heavy atom. The van der Waals surface area contributed by atoms with E-state index in [0.29, 0.717) is 30.7 Å². The summed E-state index contributed by atoms with van der Waals surface area (Å²) >= 11 is 0. The van der Waals surface area contributed by atoms with Crippen molar-refractivity contribution in [3.05, 3.63) is 36.0 Å². The summed E-state index contributed by atoms with van der Waals surface area (Å²) in [5.74, 6) is 0.625. The number of carbonyl (C=O) groups excluding carboxylic acids is 1. The average Bonchev–Trinajstić information content (AvgIpc) is 2.57. The fourth-order valence-corrected chi connectivity index (χ4v) is 4.39. The molecular weight excluding hydrogens is 379 g/mol. The van der Waals surface area contributed by atoms with Crippen LogP contribution in [0.2, 0.25) is 0 Å². The minimum Gasteiger partial charge on any atom is -0.370 e. The summed E-state index contributed by atoms with van der Waals surface area (Å²) in [4.78, 5) is 18.5. The average molecular weight is 407 g/mol. The van der Waals surface area contributed by atoms with Gasteiger partial charge in [-0.05, 0) is 56.4 Å². The van der Waals surface area contributed by atoms with Crippen LogP contribution in [0.5, 0.6) is 0 Å². The first kappa shape index (κ1) is 21.6. The van der Waals surface area contributed by atoms with E-state index in [2.05, 4.69) is 16.8 Å². The first-order valence-corrected chi connectivity index (χ1v) is 9.94. The van der Waals surface area contributed by atoms with Crippen molar-refractivity contribution < 1.29 is 18.0 Å². The van der Waals surface area contributed by atoms with E-state index in [-0.39, 0.29) is 17.2 Å². The molecule has 2 heterocycles. The number of hydrogen-bond donors (Lipinski definition) is 1. The zero-order valence-corrected chi connectivity index (χ0v) is 17.1. The summed E-state index contributed by atoms with van der Waals surface area (Å²) in [6, 6.07) is 5.99. The molecule has 158 valence electrons. The maximum absolute atomic E-state index is 13.4. The molecule has 29 heavy (non-hydrogen) atoms. The number of benzene rings is 1. The Labute approximate surface area is 169 Å². The summed E-state index contributed by atoms with van der Waals surface area (Å²) < 4.78 is 40.2. The van der Waals surface area contributed by atoms with Gasteiger partial charge in [-0.3, -0.25) is 9.78 Å². The third-order valence-corrected chi connectivity index (χ3v) is 5.31. The molecule has 2 atom stereocenters. The van der Waals surface area contributed by atoms with Gasteiger partial charge in [-0.1, -0.05) is 6.92 Å². The third kappa shape index (κ3) is 5.26. The normalized spacial score (nSPS) is 20.9. The van der Waals surface area contributed by atoms with Crippen LogP contribution in [0.4, 0.5) is 18.9 Å². The van der Waals surface area contributed by atoms with Crippen molar-refractivity contribution in [1.82, 2.24) is 4.98 Å². The topological polar surface area (TPSA) is 59.2 Å². The Morgan fingerprint density at radius 3 is 2.62 bits per heavy atom. The number of hydrogen-bond acceptors (Lipinski definition) is 4. The number of piperidine rings is 1. The first-order valence-electron chi connectivity index (χ1n) is 9.94. The smallest absolute Gasteiger partial charge is 0.370 e. The van der Waals surface area contributed by atoms with Crippen molar-refractivity contribution >= 4 is 22.4 Å². The van der Waals surface area contributed by atoms with Crippen molar-refractivity contribution in [3.63, 3.8) is 0 Å². The molecule has 1 fully saturated rings. The van der Waals surface area contributed by atoms with Gasteiger partial charge in [0.05, 0.1) is 11.1 Å². The molecule has 4 nitrogen and oxygen atoms in total. The minimum atomic E-state index is -4.45. The molecular formula is C22H28F3N3O. The highest BCUT2D eigenvalue weighted by Gasteiger charge is 2.35. The highest BCUT2D eigenvalue weighted by molar-refractivity contribution is 5.94. The molecule has 7 heteroatoms. The van der Waals surface area contributed by atoms with Gasteiger partial charge in [-0.2, -0.15) is 13.2 Å². The quantitative estimate of drug-likeness (QED) is 0.773. The number of Topliss-reactive ketones (excluding diaryl/α,β-unsaturated/α-hetero) is 1. The predicted molar refractivity (Wildman–Crippen MR) is 109 cm³/mol. The van der Waals surface area contributed by atoms with Crippen LogP contribution in [-0.2, 0) is 11.0 Å². The predicted octanol–water partition coefficient (Wildman–Crippen LogP) is 4.80.